The van der Waals surface area contributed by atoms with Crippen LogP contribution >= 0.6 is 0 Å². The second-order valence-corrected chi connectivity index (χ2v) is 16.4. The number of carboxylic acids is 4. The second kappa shape index (κ2) is 30.8. The topological polar surface area (TPSA) is 514 Å². The first-order chi connectivity index (χ1) is 32.4. The fourth-order valence-electron chi connectivity index (χ4n) is 6.01. The van der Waals surface area contributed by atoms with Gasteiger partial charge in [0.15, 0.2) is 0 Å². The lowest BCUT2D eigenvalue weighted by Crippen LogP contribution is -2.61. The largest absolute Gasteiger partial charge is 0.481 e. The first-order valence-electron chi connectivity index (χ1n) is 21.7. The van der Waals surface area contributed by atoms with Gasteiger partial charge in [-0.3, -0.25) is 62.3 Å². The number of aliphatic hydroxyl groups is 1. The van der Waals surface area contributed by atoms with Crippen molar-refractivity contribution in [1.29, 1.82) is 0 Å². The summed E-state index contributed by atoms with van der Waals surface area (Å²) in [5.41, 5.74) is 16.0. The molecule has 0 heterocycles. The zero-order chi connectivity index (χ0) is 54.2. The van der Waals surface area contributed by atoms with E-state index in [1.54, 1.807) is 6.92 Å². The maximum absolute atomic E-state index is 13.8. The molecule has 0 aliphatic carbocycles. The van der Waals surface area contributed by atoms with Crippen LogP contribution in [0.2, 0.25) is 0 Å². The van der Waals surface area contributed by atoms with Crippen LogP contribution in [0.25, 0.3) is 0 Å². The van der Waals surface area contributed by atoms with Gasteiger partial charge in [0, 0.05) is 19.3 Å². The SMILES string of the molecule is CC[C@H](C)[C@H](NC(=O)[C@H](CC(N)=O)NC(=O)[C@H](CCC(=O)O)NC(=O)[C@H](CCC(=O)O)NC(=O)[C@H](CCC(=O)O)NC(=O)[C@@H](N)CC(N)=O)C(=O)N[C@@H](C)C(=O)N[C@@H](CO)C(=O)N[C@H](C(=O)O)C(C)C. The molecule has 0 aromatic carbocycles. The van der Waals surface area contributed by atoms with Crippen LogP contribution in [0.15, 0.2) is 0 Å². The first-order valence-corrected chi connectivity index (χ1v) is 21.7. The van der Waals surface area contributed by atoms with Crippen molar-refractivity contribution in [2.24, 2.45) is 29.0 Å². The molecule has 0 unspecified atom stereocenters. The fourth-order valence-corrected chi connectivity index (χ4v) is 6.01. The molecule has 0 saturated heterocycles. The van der Waals surface area contributed by atoms with Gasteiger partial charge < -0.3 is 85.3 Å². The van der Waals surface area contributed by atoms with Gasteiger partial charge in [0.1, 0.15) is 48.3 Å². The Kier molecular flexibility index (Phi) is 27.5. The van der Waals surface area contributed by atoms with Gasteiger partial charge in [0.05, 0.1) is 25.5 Å². The van der Waals surface area contributed by atoms with Gasteiger partial charge in [-0.1, -0.05) is 34.1 Å². The highest BCUT2D eigenvalue weighted by atomic mass is 16.4. The molecule has 10 amide bonds. The zero-order valence-corrected chi connectivity index (χ0v) is 39.1. The number of carboxylic acid groups (broad SMARTS) is 4. The Morgan fingerprint density at radius 2 is 0.800 bits per heavy atom. The highest BCUT2D eigenvalue weighted by Gasteiger charge is 2.36. The van der Waals surface area contributed by atoms with Crippen molar-refractivity contribution < 1.29 is 92.7 Å². The number of nitrogens with one attached hydrogen (secondary N) is 8. The van der Waals surface area contributed by atoms with Crippen LogP contribution in [0.4, 0.5) is 0 Å². The minimum Gasteiger partial charge on any atom is -0.481 e. The fraction of sp³-hybridized carbons (Fsp3) is 0.650. The molecule has 0 aromatic heterocycles. The van der Waals surface area contributed by atoms with Crippen LogP contribution in [0, 0.1) is 11.8 Å². The average Bonchev–Trinajstić information content (AvgIpc) is 3.25. The number of carbonyl (C=O) groups is 14. The predicted molar refractivity (Wildman–Crippen MR) is 236 cm³/mol. The molecule has 0 bridgehead atoms. The van der Waals surface area contributed by atoms with Crippen molar-refractivity contribution in [3.05, 3.63) is 0 Å². The molecule has 0 aliphatic rings. The lowest BCUT2D eigenvalue weighted by Gasteiger charge is -2.29. The molecule has 30 nitrogen and oxygen atoms in total. The molecular formula is C40H65N11O19. The monoisotopic (exact) mass is 1000 g/mol. The van der Waals surface area contributed by atoms with E-state index in [4.69, 9.17) is 17.2 Å². The molecule has 0 rings (SSSR count). The lowest BCUT2D eigenvalue weighted by atomic mass is 9.97. The number of carbonyl (C=O) groups excluding carboxylic acids is 10. The van der Waals surface area contributed by atoms with Gasteiger partial charge in [0.25, 0.3) is 0 Å². The Bertz CT molecular complexity index is 1950. The number of amides is 10. The van der Waals surface area contributed by atoms with Gasteiger partial charge in [-0.15, -0.1) is 0 Å². The quantitative estimate of drug-likeness (QED) is 0.0285. The molecule has 0 fully saturated rings. The molecule has 30 heteroatoms. The van der Waals surface area contributed by atoms with Gasteiger partial charge >= 0.3 is 23.9 Å². The summed E-state index contributed by atoms with van der Waals surface area (Å²) in [6.45, 7) is 6.31. The normalized spacial score (nSPS) is 15.2. The zero-order valence-electron chi connectivity index (χ0n) is 39.1. The van der Waals surface area contributed by atoms with Crippen LogP contribution in [0.1, 0.15) is 92.4 Å². The molecule has 10 atom stereocenters. The molecule has 394 valence electrons. The highest BCUT2D eigenvalue weighted by molar-refractivity contribution is 5.99. The number of aliphatic carboxylic acids is 4. The average molecular weight is 1000 g/mol. The van der Waals surface area contributed by atoms with Crippen molar-refractivity contribution in [2.75, 3.05) is 6.61 Å². The van der Waals surface area contributed by atoms with E-state index in [0.717, 1.165) is 0 Å². The molecule has 0 spiro atoms. The summed E-state index contributed by atoms with van der Waals surface area (Å²) in [4.78, 5) is 176. The Morgan fingerprint density at radius 3 is 1.16 bits per heavy atom. The van der Waals surface area contributed by atoms with E-state index in [0.29, 0.717) is 0 Å². The standard InChI is InChI=1S/C40H65N11O19/c1-6-17(4)31(39(68)44-18(5)32(61)49-24(15-52)38(67)50-30(16(2)3)40(69)70)51-37(66)23(14-26(43)54)48-36(65)22(9-12-29(59)60)47-35(64)21(8-11-28(57)58)46-34(63)20(7-10-27(55)56)45-33(62)19(41)13-25(42)53/h16-24,30-31,52H,6-15,41H2,1-5H3,(H2,42,53)(H2,43,54)(H,44,68)(H,45,62)(H,46,63)(H,47,64)(H,48,65)(H,49,61)(H,50,67)(H,51,66)(H,55,56)(H,57,58)(H,59,60)(H,69,70)/t17-,18-,19-,20-,21-,22-,23-,24-,30-,31-/m0/s1. The molecule has 70 heavy (non-hydrogen) atoms. The lowest BCUT2D eigenvalue weighted by molar-refractivity contribution is -0.144. The van der Waals surface area contributed by atoms with E-state index in [-0.39, 0.29) is 6.42 Å². The van der Waals surface area contributed by atoms with Gasteiger partial charge in [-0.05, 0) is 38.0 Å². The van der Waals surface area contributed by atoms with Crippen LogP contribution in [-0.2, 0) is 67.1 Å². The smallest absolute Gasteiger partial charge is 0.326 e. The van der Waals surface area contributed by atoms with E-state index in [1.807, 2.05) is 0 Å². The van der Waals surface area contributed by atoms with Crippen molar-refractivity contribution >= 4 is 82.9 Å². The summed E-state index contributed by atoms with van der Waals surface area (Å²) in [5, 5.41) is 64.7. The van der Waals surface area contributed by atoms with Gasteiger partial charge in [-0.25, -0.2) is 4.79 Å². The maximum atomic E-state index is 13.8. The number of aliphatic hydroxyl groups excluding tert-OH is 1. The Hall–Kier alpha value is -7.50. The van der Waals surface area contributed by atoms with Crippen LogP contribution < -0.4 is 59.7 Å². The number of rotatable bonds is 34. The third-order valence-corrected chi connectivity index (χ3v) is 10.2. The van der Waals surface area contributed by atoms with Crippen LogP contribution in [-0.4, -0.2) is 169 Å². The summed E-state index contributed by atoms with van der Waals surface area (Å²) in [5.74, 6) is -18.7. The van der Waals surface area contributed by atoms with E-state index in [9.17, 15) is 92.7 Å². The molecule has 0 aromatic rings. The van der Waals surface area contributed by atoms with Crippen molar-refractivity contribution in [3.8, 4) is 0 Å². The molecular weight excluding hydrogens is 938 g/mol. The summed E-state index contributed by atoms with van der Waals surface area (Å²) < 4.78 is 0. The van der Waals surface area contributed by atoms with Crippen molar-refractivity contribution in [2.45, 2.75) is 147 Å². The molecule has 0 radical (unpaired) electrons. The van der Waals surface area contributed by atoms with Crippen molar-refractivity contribution in [3.63, 3.8) is 0 Å². The Balaban J connectivity index is 6.56. The Morgan fingerprint density at radius 1 is 0.443 bits per heavy atom. The maximum Gasteiger partial charge on any atom is 0.326 e. The van der Waals surface area contributed by atoms with E-state index >= 15 is 0 Å². The van der Waals surface area contributed by atoms with E-state index in [2.05, 4.69) is 42.5 Å². The predicted octanol–water partition coefficient (Wildman–Crippen LogP) is -6.66. The number of hydrogen-bond acceptors (Lipinski definition) is 16. The Labute approximate surface area is 400 Å². The number of primary amides is 2. The summed E-state index contributed by atoms with van der Waals surface area (Å²) in [6, 6.07) is -15.1. The minimum absolute atomic E-state index is 0.192. The molecule has 19 N–H and O–H groups in total. The van der Waals surface area contributed by atoms with Crippen molar-refractivity contribution in [1.82, 2.24) is 42.5 Å². The van der Waals surface area contributed by atoms with E-state index in [1.165, 1.54) is 27.7 Å². The third-order valence-electron chi connectivity index (χ3n) is 10.2. The summed E-state index contributed by atoms with van der Waals surface area (Å²) >= 11 is 0. The van der Waals surface area contributed by atoms with Crippen LogP contribution in [0.3, 0.4) is 0 Å². The summed E-state index contributed by atoms with van der Waals surface area (Å²) in [6.07, 6.45) is -5.91. The van der Waals surface area contributed by atoms with Gasteiger partial charge in [-0.2, -0.15) is 0 Å². The van der Waals surface area contributed by atoms with E-state index < -0.39 is 207 Å². The second-order valence-electron chi connectivity index (χ2n) is 16.4. The highest BCUT2D eigenvalue weighted by Crippen LogP contribution is 2.11. The van der Waals surface area contributed by atoms with Gasteiger partial charge in [0.2, 0.25) is 59.1 Å². The first kappa shape index (κ1) is 62.5. The molecule has 0 saturated carbocycles. The number of hydrogen-bond donors (Lipinski definition) is 16. The minimum atomic E-state index is -1.94. The summed E-state index contributed by atoms with van der Waals surface area (Å²) in [7, 11) is 0. The van der Waals surface area contributed by atoms with Crippen LogP contribution in [0.5, 0.6) is 0 Å². The molecule has 0 aliphatic heterocycles. The number of nitrogens with two attached hydrogens (primary N) is 3. The third kappa shape index (κ3) is 23.5.